The molecule has 7 heteroatoms. The Hall–Kier alpha value is -1.83. The topological polar surface area (TPSA) is 65.5 Å². The van der Waals surface area contributed by atoms with Crippen molar-refractivity contribution in [3.63, 3.8) is 0 Å². The first-order chi connectivity index (χ1) is 18.1. The van der Waals surface area contributed by atoms with E-state index in [9.17, 15) is 9.90 Å². The van der Waals surface area contributed by atoms with E-state index in [0.717, 1.165) is 76.5 Å². The van der Waals surface area contributed by atoms with Gasteiger partial charge in [-0.15, -0.1) is 0 Å². The van der Waals surface area contributed by atoms with Gasteiger partial charge in [-0.05, 0) is 81.9 Å². The maximum absolute atomic E-state index is 14.1. The van der Waals surface area contributed by atoms with Crippen LogP contribution in [0.1, 0.15) is 62.5 Å². The molecular weight excluding hydrogens is 466 g/mol. The maximum Gasteiger partial charge on any atom is 0.237 e. The highest BCUT2D eigenvalue weighted by atomic mass is 16.5. The third-order valence-corrected chi connectivity index (χ3v) is 12.2. The third-order valence-electron chi connectivity index (χ3n) is 12.2. The van der Waals surface area contributed by atoms with Crippen LogP contribution < -0.4 is 4.74 Å². The quantitative estimate of drug-likeness (QED) is 0.679. The second kappa shape index (κ2) is 7.42. The molecule has 7 atom stereocenters. The van der Waals surface area contributed by atoms with Gasteiger partial charge in [-0.25, -0.2) is 0 Å². The highest BCUT2D eigenvalue weighted by Crippen LogP contribution is 2.71. The van der Waals surface area contributed by atoms with Gasteiger partial charge in [0, 0.05) is 47.6 Å². The standard InChI is InChI=1S/C30H39N3O4/c34-23-6-3-19-13-24-29-8-7-22(32(12-9-29)25(35)15-33-20-4-5-21(33)17-36-16-20)28-30(29,26(19)27(23)37-28)10-11-31(24)14-18-1-2-18/h3,6,18,20-22,24,28,34H,1-2,4-5,7-17H2/t20?,21?,22-,24+,28+,29-,30+/m1/s1. The van der Waals surface area contributed by atoms with E-state index in [4.69, 9.17) is 9.47 Å². The summed E-state index contributed by atoms with van der Waals surface area (Å²) in [6, 6.07) is 5.43. The molecule has 10 rings (SSSR count). The number of fused-ring (bicyclic) bond motifs is 5. The van der Waals surface area contributed by atoms with Crippen LogP contribution in [0, 0.1) is 11.3 Å². The van der Waals surface area contributed by atoms with Crippen molar-refractivity contribution in [3.05, 3.63) is 23.3 Å². The second-order valence-corrected chi connectivity index (χ2v) is 13.6. The Labute approximate surface area is 219 Å². The molecule has 6 aliphatic heterocycles. The molecular formula is C30H39N3O4. The van der Waals surface area contributed by atoms with Gasteiger partial charge >= 0.3 is 0 Å². The molecule has 7 nitrogen and oxygen atoms in total. The predicted molar refractivity (Wildman–Crippen MR) is 137 cm³/mol. The van der Waals surface area contributed by atoms with E-state index >= 15 is 0 Å². The number of phenols is 1. The summed E-state index contributed by atoms with van der Waals surface area (Å²) in [6.45, 7) is 5.25. The average Bonchev–Trinajstić information content (AvgIpc) is 3.66. The van der Waals surface area contributed by atoms with E-state index in [2.05, 4.69) is 20.8 Å². The summed E-state index contributed by atoms with van der Waals surface area (Å²) in [5.74, 6) is 2.19. The van der Waals surface area contributed by atoms with Crippen molar-refractivity contribution in [2.24, 2.45) is 11.3 Å². The Kier molecular flexibility index (Phi) is 4.42. The van der Waals surface area contributed by atoms with Crippen LogP contribution in [-0.4, -0.2) is 95.4 Å². The minimum atomic E-state index is -0.0741. The van der Waals surface area contributed by atoms with Crippen LogP contribution in [0.5, 0.6) is 11.5 Å². The van der Waals surface area contributed by atoms with Gasteiger partial charge in [0.05, 0.1) is 25.8 Å². The van der Waals surface area contributed by atoms with Crippen LogP contribution in [0.3, 0.4) is 0 Å². The molecule has 3 aliphatic carbocycles. The third kappa shape index (κ3) is 2.71. The van der Waals surface area contributed by atoms with E-state index in [0.29, 0.717) is 24.7 Å². The summed E-state index contributed by atoms with van der Waals surface area (Å²) in [4.78, 5) is 21.6. The van der Waals surface area contributed by atoms with Crippen molar-refractivity contribution in [1.29, 1.82) is 0 Å². The smallest absolute Gasteiger partial charge is 0.237 e. The number of piperidine rings is 1. The zero-order chi connectivity index (χ0) is 24.5. The number of morpholine rings is 1. The molecule has 37 heavy (non-hydrogen) atoms. The Morgan fingerprint density at radius 1 is 1.03 bits per heavy atom. The lowest BCUT2D eigenvalue weighted by molar-refractivity contribution is -0.146. The van der Waals surface area contributed by atoms with Crippen molar-refractivity contribution >= 4 is 5.91 Å². The monoisotopic (exact) mass is 505 g/mol. The number of rotatable bonds is 4. The first-order valence-electron chi connectivity index (χ1n) is 15.0. The highest BCUT2D eigenvalue weighted by molar-refractivity contribution is 5.79. The number of hydrogen-bond acceptors (Lipinski definition) is 6. The minimum Gasteiger partial charge on any atom is -0.504 e. The van der Waals surface area contributed by atoms with Crippen molar-refractivity contribution in [2.45, 2.75) is 93.5 Å². The number of hydrogen-bond donors (Lipinski definition) is 1. The lowest BCUT2D eigenvalue weighted by Crippen LogP contribution is -2.73. The van der Waals surface area contributed by atoms with Gasteiger partial charge < -0.3 is 19.5 Å². The van der Waals surface area contributed by atoms with Crippen molar-refractivity contribution in [2.75, 3.05) is 39.4 Å². The zero-order valence-corrected chi connectivity index (χ0v) is 21.7. The maximum atomic E-state index is 14.1. The van der Waals surface area contributed by atoms with Crippen LogP contribution in [0.4, 0.5) is 0 Å². The molecule has 9 aliphatic rings. The van der Waals surface area contributed by atoms with Crippen LogP contribution >= 0.6 is 0 Å². The molecule has 1 aromatic carbocycles. The predicted octanol–water partition coefficient (Wildman–Crippen LogP) is 2.68. The van der Waals surface area contributed by atoms with E-state index < -0.39 is 0 Å². The fourth-order valence-electron chi connectivity index (χ4n) is 10.5. The minimum absolute atomic E-state index is 0.0398. The molecule has 198 valence electrons. The normalized spacial score (nSPS) is 43.5. The molecule has 2 unspecified atom stereocenters. The van der Waals surface area contributed by atoms with Crippen LogP contribution in [-0.2, 0) is 21.4 Å². The van der Waals surface area contributed by atoms with Gasteiger partial charge in [-0.3, -0.25) is 14.6 Å². The van der Waals surface area contributed by atoms with E-state index in [1.807, 2.05) is 6.07 Å². The highest BCUT2D eigenvalue weighted by Gasteiger charge is 2.74. The molecule has 5 saturated heterocycles. The molecule has 1 amide bonds. The summed E-state index contributed by atoms with van der Waals surface area (Å²) in [5, 5.41) is 11.0. The van der Waals surface area contributed by atoms with Crippen molar-refractivity contribution in [1.82, 2.24) is 14.7 Å². The lowest BCUT2D eigenvalue weighted by Gasteiger charge is -2.66. The summed E-state index contributed by atoms with van der Waals surface area (Å²) in [7, 11) is 0. The number of ether oxygens (including phenoxy) is 2. The molecule has 6 bridgehead atoms. The fraction of sp³-hybridized carbons (Fsp3) is 0.767. The Balaban J connectivity index is 1.12. The number of benzene rings is 1. The van der Waals surface area contributed by atoms with Gasteiger partial charge in [0.2, 0.25) is 5.91 Å². The molecule has 6 heterocycles. The number of nitrogens with zero attached hydrogens (tertiary/aromatic N) is 3. The Bertz CT molecular complexity index is 1150. The van der Waals surface area contributed by atoms with Crippen molar-refractivity contribution < 1.29 is 19.4 Å². The number of phenolic OH excluding ortho intramolecular Hbond substituents is 1. The van der Waals surface area contributed by atoms with Crippen LogP contribution in [0.25, 0.3) is 0 Å². The number of carbonyl (C=O) groups excluding carboxylic acids is 1. The van der Waals surface area contributed by atoms with Crippen LogP contribution in [0.15, 0.2) is 12.1 Å². The van der Waals surface area contributed by atoms with Crippen LogP contribution in [0.2, 0.25) is 0 Å². The fourth-order valence-corrected chi connectivity index (χ4v) is 10.5. The van der Waals surface area contributed by atoms with Gasteiger partial charge in [-0.1, -0.05) is 6.07 Å². The van der Waals surface area contributed by atoms with Gasteiger partial charge in [-0.2, -0.15) is 0 Å². The molecule has 7 fully saturated rings. The molecule has 1 aromatic rings. The Morgan fingerprint density at radius 3 is 2.68 bits per heavy atom. The first kappa shape index (κ1) is 22.0. The molecule has 0 radical (unpaired) electrons. The van der Waals surface area contributed by atoms with Gasteiger partial charge in [0.1, 0.15) is 6.10 Å². The first-order valence-corrected chi connectivity index (χ1v) is 15.0. The van der Waals surface area contributed by atoms with E-state index in [1.165, 1.54) is 36.9 Å². The molecule has 2 spiro atoms. The zero-order valence-electron chi connectivity index (χ0n) is 21.7. The summed E-state index contributed by atoms with van der Waals surface area (Å²) in [6.07, 6.45) is 10.4. The Morgan fingerprint density at radius 2 is 1.86 bits per heavy atom. The summed E-state index contributed by atoms with van der Waals surface area (Å²) >= 11 is 0. The molecule has 1 N–H and O–H groups in total. The number of carbonyl (C=O) groups is 1. The van der Waals surface area contributed by atoms with E-state index in [-0.39, 0.29) is 34.6 Å². The van der Waals surface area contributed by atoms with Gasteiger partial charge in [0.25, 0.3) is 0 Å². The summed E-state index contributed by atoms with van der Waals surface area (Å²) < 4.78 is 12.7. The number of aromatic hydroxyl groups is 1. The second-order valence-electron chi connectivity index (χ2n) is 13.6. The average molecular weight is 506 g/mol. The lowest BCUT2D eigenvalue weighted by atomic mass is 9.42. The molecule has 2 saturated carbocycles. The number of likely N-dealkylation sites (tertiary alicyclic amines) is 1. The largest absolute Gasteiger partial charge is 0.504 e. The summed E-state index contributed by atoms with van der Waals surface area (Å²) in [5.41, 5.74) is 2.77. The van der Waals surface area contributed by atoms with Crippen molar-refractivity contribution in [3.8, 4) is 11.5 Å². The van der Waals surface area contributed by atoms with Gasteiger partial charge in [0.15, 0.2) is 11.5 Å². The molecule has 0 aromatic heterocycles. The SMILES string of the molecule is O=C(CN1C2CCC1COC2)N1CC[C@@]23CC[C@@H]1[C@@H]1Oc4c(O)ccc5c4[C@@]12CCN(CC1CC1)[C@H]3C5. The number of amides is 1. The van der Waals surface area contributed by atoms with E-state index in [1.54, 1.807) is 0 Å².